The molecule has 0 atom stereocenters. The zero-order valence-electron chi connectivity index (χ0n) is 6.78. The molecule has 3 heteroatoms. The number of rotatable bonds is 2. The van der Waals surface area contributed by atoms with Gasteiger partial charge in [-0.15, -0.1) is 0 Å². The first-order chi connectivity index (χ1) is 5.15. The van der Waals surface area contributed by atoms with E-state index in [1.807, 2.05) is 13.0 Å². The summed E-state index contributed by atoms with van der Waals surface area (Å²) in [6.45, 7) is 3.02. The summed E-state index contributed by atoms with van der Waals surface area (Å²) < 4.78 is 0. The number of aliphatic hydroxyl groups excluding tert-OH is 1. The number of carboxylic acids is 1. The van der Waals surface area contributed by atoms with Gasteiger partial charge in [-0.1, -0.05) is 19.1 Å². The molecule has 0 aliphatic heterocycles. The Morgan fingerprint density at radius 2 is 2.00 bits per heavy atom. The molecule has 0 radical (unpaired) electrons. The second kappa shape index (κ2) is 11.5. The van der Waals surface area contributed by atoms with E-state index in [0.717, 1.165) is 19.6 Å². The Hall–Kier alpha value is -1.25. The SMILES string of the molecule is CC(=O)[O-].CCC=CC=CO. The topological polar surface area (TPSA) is 60.4 Å². The van der Waals surface area contributed by atoms with Crippen LogP contribution in [-0.4, -0.2) is 11.1 Å². The first-order valence-corrected chi connectivity index (χ1v) is 3.28. The van der Waals surface area contributed by atoms with Crippen molar-refractivity contribution in [2.75, 3.05) is 0 Å². The molecule has 0 aromatic rings. The van der Waals surface area contributed by atoms with Crippen molar-refractivity contribution in [3.8, 4) is 0 Å². The van der Waals surface area contributed by atoms with Gasteiger partial charge < -0.3 is 15.0 Å². The molecule has 11 heavy (non-hydrogen) atoms. The Bertz CT molecular complexity index is 132. The number of carboxylic acid groups (broad SMARTS) is 1. The van der Waals surface area contributed by atoms with Crippen molar-refractivity contribution in [1.82, 2.24) is 0 Å². The van der Waals surface area contributed by atoms with Crippen LogP contribution in [0.4, 0.5) is 0 Å². The summed E-state index contributed by atoms with van der Waals surface area (Å²) in [5, 5.41) is 16.9. The molecule has 0 unspecified atom stereocenters. The van der Waals surface area contributed by atoms with Crippen LogP contribution in [-0.2, 0) is 4.79 Å². The summed E-state index contributed by atoms with van der Waals surface area (Å²) in [7, 11) is 0. The lowest BCUT2D eigenvalue weighted by molar-refractivity contribution is -0.302. The minimum atomic E-state index is -1.08. The van der Waals surface area contributed by atoms with E-state index in [0.29, 0.717) is 0 Å². The summed E-state index contributed by atoms with van der Waals surface area (Å²) in [6.07, 6.45) is 7.40. The molecule has 3 nitrogen and oxygen atoms in total. The third-order valence-electron chi connectivity index (χ3n) is 0.569. The molecule has 0 saturated heterocycles. The summed E-state index contributed by atoms with van der Waals surface area (Å²) >= 11 is 0. The van der Waals surface area contributed by atoms with E-state index in [2.05, 4.69) is 0 Å². The Balaban J connectivity index is 0. The number of allylic oxidation sites excluding steroid dienone is 3. The summed E-state index contributed by atoms with van der Waals surface area (Å²) in [6, 6.07) is 0. The first kappa shape index (κ1) is 12.4. The van der Waals surface area contributed by atoms with Crippen LogP contribution in [0.3, 0.4) is 0 Å². The summed E-state index contributed by atoms with van der Waals surface area (Å²) in [4.78, 5) is 8.89. The highest BCUT2D eigenvalue weighted by Gasteiger charge is 1.58. The van der Waals surface area contributed by atoms with Gasteiger partial charge in [-0.2, -0.15) is 0 Å². The second-order valence-corrected chi connectivity index (χ2v) is 1.67. The zero-order chi connectivity index (χ0) is 9.11. The molecule has 0 aliphatic carbocycles. The largest absolute Gasteiger partial charge is 0.550 e. The predicted octanol–water partition coefficient (Wildman–Crippen LogP) is 0.780. The summed E-state index contributed by atoms with van der Waals surface area (Å²) in [5.74, 6) is -1.08. The highest BCUT2D eigenvalue weighted by Crippen LogP contribution is 1.78. The molecule has 0 fully saturated rings. The van der Waals surface area contributed by atoms with E-state index in [-0.39, 0.29) is 0 Å². The highest BCUT2D eigenvalue weighted by atomic mass is 16.4. The Morgan fingerprint density at radius 3 is 2.27 bits per heavy atom. The first-order valence-electron chi connectivity index (χ1n) is 3.28. The zero-order valence-corrected chi connectivity index (χ0v) is 6.78. The molecule has 64 valence electrons. The minimum absolute atomic E-state index is 0.972. The van der Waals surface area contributed by atoms with E-state index in [1.54, 1.807) is 12.2 Å². The van der Waals surface area contributed by atoms with Gasteiger partial charge in [0.05, 0.1) is 6.26 Å². The van der Waals surface area contributed by atoms with Crippen molar-refractivity contribution in [2.45, 2.75) is 20.3 Å². The third kappa shape index (κ3) is 52.7. The predicted molar refractivity (Wildman–Crippen MR) is 41.9 cm³/mol. The van der Waals surface area contributed by atoms with Gasteiger partial charge in [0.25, 0.3) is 0 Å². The molecule has 0 heterocycles. The van der Waals surface area contributed by atoms with Crippen LogP contribution >= 0.6 is 0 Å². The molecule has 0 aliphatic rings. The average Bonchev–Trinajstić information content (AvgIpc) is 1.88. The minimum Gasteiger partial charge on any atom is -0.550 e. The van der Waals surface area contributed by atoms with Crippen LogP contribution in [0.2, 0.25) is 0 Å². The van der Waals surface area contributed by atoms with Gasteiger partial charge in [0.1, 0.15) is 0 Å². The Morgan fingerprint density at radius 1 is 1.55 bits per heavy atom. The number of aliphatic hydroxyl groups is 1. The van der Waals surface area contributed by atoms with E-state index >= 15 is 0 Å². The molecule has 0 aromatic carbocycles. The van der Waals surface area contributed by atoms with Crippen LogP contribution < -0.4 is 5.11 Å². The summed E-state index contributed by atoms with van der Waals surface area (Å²) in [5.41, 5.74) is 0. The monoisotopic (exact) mass is 157 g/mol. The van der Waals surface area contributed by atoms with E-state index < -0.39 is 5.97 Å². The van der Waals surface area contributed by atoms with Crippen LogP contribution in [0, 0.1) is 0 Å². The lowest BCUT2D eigenvalue weighted by atomic mass is 10.4. The number of carbonyl (C=O) groups excluding carboxylic acids is 1. The number of carbonyl (C=O) groups is 1. The second-order valence-electron chi connectivity index (χ2n) is 1.67. The molecular weight excluding hydrogens is 144 g/mol. The van der Waals surface area contributed by atoms with E-state index in [9.17, 15) is 0 Å². The smallest absolute Gasteiger partial charge is 0.0791 e. The fourth-order valence-electron chi connectivity index (χ4n) is 0.264. The van der Waals surface area contributed by atoms with Gasteiger partial charge in [-0.05, 0) is 19.4 Å². The highest BCUT2D eigenvalue weighted by molar-refractivity contribution is 5.60. The molecular formula is C8H13O3-. The molecule has 1 N–H and O–H groups in total. The molecule has 0 amide bonds. The Labute approximate surface area is 66.7 Å². The van der Waals surface area contributed by atoms with Gasteiger partial charge in [0, 0.05) is 5.97 Å². The van der Waals surface area contributed by atoms with Crippen LogP contribution in [0.1, 0.15) is 20.3 Å². The van der Waals surface area contributed by atoms with Crippen molar-refractivity contribution in [3.63, 3.8) is 0 Å². The van der Waals surface area contributed by atoms with E-state index in [4.69, 9.17) is 15.0 Å². The maximum atomic E-state index is 8.89. The average molecular weight is 157 g/mol. The maximum Gasteiger partial charge on any atom is 0.0791 e. The Kier molecular flexibility index (Phi) is 13.0. The lowest BCUT2D eigenvalue weighted by Crippen LogP contribution is -2.16. The van der Waals surface area contributed by atoms with Crippen molar-refractivity contribution in [1.29, 1.82) is 0 Å². The number of hydrogen-bond donors (Lipinski definition) is 1. The molecule has 0 bridgehead atoms. The number of aliphatic carboxylic acids is 1. The van der Waals surface area contributed by atoms with Gasteiger partial charge in [0.2, 0.25) is 0 Å². The van der Waals surface area contributed by atoms with Crippen molar-refractivity contribution in [2.24, 2.45) is 0 Å². The van der Waals surface area contributed by atoms with Crippen molar-refractivity contribution in [3.05, 3.63) is 24.5 Å². The van der Waals surface area contributed by atoms with Crippen LogP contribution in [0.15, 0.2) is 24.5 Å². The number of hydrogen-bond acceptors (Lipinski definition) is 3. The van der Waals surface area contributed by atoms with Crippen molar-refractivity contribution < 1.29 is 15.0 Å². The lowest BCUT2D eigenvalue weighted by Gasteiger charge is -1.77. The van der Waals surface area contributed by atoms with Gasteiger partial charge in [-0.25, -0.2) is 0 Å². The normalized spacial score (nSPS) is 9.64. The van der Waals surface area contributed by atoms with Gasteiger partial charge in [-0.3, -0.25) is 0 Å². The molecule has 0 aromatic heterocycles. The van der Waals surface area contributed by atoms with E-state index in [1.165, 1.54) is 0 Å². The fraction of sp³-hybridized carbons (Fsp3) is 0.375. The molecule has 0 rings (SSSR count). The van der Waals surface area contributed by atoms with Crippen molar-refractivity contribution >= 4 is 5.97 Å². The van der Waals surface area contributed by atoms with Crippen LogP contribution in [0.25, 0.3) is 0 Å². The van der Waals surface area contributed by atoms with Gasteiger partial charge >= 0.3 is 0 Å². The van der Waals surface area contributed by atoms with Gasteiger partial charge in [0.15, 0.2) is 0 Å². The molecule has 0 spiro atoms. The quantitative estimate of drug-likeness (QED) is 0.476. The molecule has 0 saturated carbocycles. The fourth-order valence-corrected chi connectivity index (χ4v) is 0.264. The van der Waals surface area contributed by atoms with Crippen LogP contribution in [0.5, 0.6) is 0 Å². The standard InChI is InChI=1S/C6H10O.C2H4O2/c1-2-3-4-5-6-7;1-2(3)4/h3-7H,2H2,1H3;1H3,(H,3,4)/p-1. The third-order valence-corrected chi connectivity index (χ3v) is 0.569. The maximum absolute atomic E-state index is 8.89.